The van der Waals surface area contributed by atoms with Gasteiger partial charge in [-0.2, -0.15) is 0 Å². The first kappa shape index (κ1) is 21.6. The van der Waals surface area contributed by atoms with Gasteiger partial charge in [0.2, 0.25) is 6.04 Å². The first-order valence-corrected chi connectivity index (χ1v) is 9.08. The number of allylic oxidation sites excluding steroid dienone is 1. The van der Waals surface area contributed by atoms with Crippen molar-refractivity contribution < 1.29 is 14.8 Å². The molecule has 0 aromatic heterocycles. The Kier molecular flexibility index (Phi) is 14.6. The maximum absolute atomic E-state index is 11.1. The highest BCUT2D eigenvalue weighted by molar-refractivity contribution is 5.66. The van der Waals surface area contributed by atoms with Crippen LogP contribution in [0.25, 0.3) is 0 Å². The van der Waals surface area contributed by atoms with E-state index >= 15 is 0 Å². The maximum Gasteiger partial charge on any atom is 0.303 e. The van der Waals surface area contributed by atoms with E-state index in [4.69, 9.17) is 5.11 Å². The van der Waals surface area contributed by atoms with Crippen LogP contribution in [0.5, 0.6) is 0 Å². The summed E-state index contributed by atoms with van der Waals surface area (Å²) in [6.07, 6.45) is 15.7. The predicted octanol–water partition coefficient (Wildman–Crippen LogP) is 5.36. The van der Waals surface area contributed by atoms with Crippen LogP contribution in [0.2, 0.25) is 0 Å². The van der Waals surface area contributed by atoms with Crippen molar-refractivity contribution in [1.29, 1.82) is 0 Å². The fourth-order valence-corrected chi connectivity index (χ4v) is 2.56. The highest BCUT2D eigenvalue weighted by Crippen LogP contribution is 2.13. The van der Waals surface area contributed by atoms with Gasteiger partial charge in [0.1, 0.15) is 0 Å². The van der Waals surface area contributed by atoms with E-state index in [1.807, 2.05) is 6.08 Å². The third kappa shape index (κ3) is 15.3. The molecule has 1 N–H and O–H groups in total. The number of carboxylic acid groups (broad SMARTS) is 1. The van der Waals surface area contributed by atoms with E-state index in [2.05, 4.69) is 13.0 Å². The van der Waals surface area contributed by atoms with Gasteiger partial charge in [-0.1, -0.05) is 57.6 Å². The zero-order chi connectivity index (χ0) is 17.3. The number of carbonyl (C=O) groups is 1. The Balaban J connectivity index is 3.64. The van der Waals surface area contributed by atoms with Crippen molar-refractivity contribution in [2.75, 3.05) is 0 Å². The van der Waals surface area contributed by atoms with E-state index in [0.29, 0.717) is 12.8 Å². The van der Waals surface area contributed by atoms with Crippen LogP contribution in [0.15, 0.2) is 12.2 Å². The standard InChI is InChI=1S/C18H33NO4/c1-2-3-4-5-8-11-14-17(19(22)23)15-12-9-6-7-10-13-16-18(20)21/h8,11,17H,2-7,9-10,12-16H2,1H3,(H,20,21). The monoisotopic (exact) mass is 327 g/mol. The van der Waals surface area contributed by atoms with Gasteiger partial charge < -0.3 is 5.11 Å². The van der Waals surface area contributed by atoms with Crippen molar-refractivity contribution in [1.82, 2.24) is 0 Å². The molecule has 0 rings (SSSR count). The van der Waals surface area contributed by atoms with Gasteiger partial charge in [0, 0.05) is 24.2 Å². The summed E-state index contributed by atoms with van der Waals surface area (Å²) in [5.41, 5.74) is 0. The second-order valence-corrected chi connectivity index (χ2v) is 6.20. The zero-order valence-electron chi connectivity index (χ0n) is 14.5. The Labute approximate surface area is 140 Å². The van der Waals surface area contributed by atoms with E-state index in [1.54, 1.807) is 0 Å². The largest absolute Gasteiger partial charge is 0.481 e. The van der Waals surface area contributed by atoms with Crippen LogP contribution < -0.4 is 0 Å². The summed E-state index contributed by atoms with van der Waals surface area (Å²) in [7, 11) is 0. The molecule has 1 unspecified atom stereocenters. The summed E-state index contributed by atoms with van der Waals surface area (Å²) in [5.74, 6) is -0.735. The molecule has 0 amide bonds. The SMILES string of the molecule is CCCCCC=CCC(CCCCCCCCC(=O)O)[N+](=O)[O-]. The summed E-state index contributed by atoms with van der Waals surface area (Å²) in [6, 6.07) is -0.454. The van der Waals surface area contributed by atoms with E-state index in [-0.39, 0.29) is 11.3 Å². The lowest BCUT2D eigenvalue weighted by atomic mass is 10.0. The second-order valence-electron chi connectivity index (χ2n) is 6.20. The van der Waals surface area contributed by atoms with Crippen LogP contribution in [0.3, 0.4) is 0 Å². The van der Waals surface area contributed by atoms with Gasteiger partial charge in [0.05, 0.1) is 0 Å². The number of unbranched alkanes of at least 4 members (excludes halogenated alkanes) is 8. The quantitative estimate of drug-likeness (QED) is 0.179. The minimum atomic E-state index is -0.735. The Morgan fingerprint density at radius 3 is 2.30 bits per heavy atom. The van der Waals surface area contributed by atoms with E-state index in [0.717, 1.165) is 51.4 Å². The number of nitrogens with zero attached hydrogens (tertiary/aromatic N) is 1. The third-order valence-corrected chi connectivity index (χ3v) is 4.03. The minimum Gasteiger partial charge on any atom is -0.481 e. The highest BCUT2D eigenvalue weighted by Gasteiger charge is 2.17. The lowest BCUT2D eigenvalue weighted by molar-refractivity contribution is -0.522. The molecule has 0 aromatic carbocycles. The summed E-state index contributed by atoms with van der Waals surface area (Å²) < 4.78 is 0. The molecule has 0 heterocycles. The molecule has 5 heteroatoms. The normalized spacial score (nSPS) is 12.6. The van der Waals surface area contributed by atoms with Gasteiger partial charge in [-0.3, -0.25) is 14.9 Å². The van der Waals surface area contributed by atoms with E-state index in [1.165, 1.54) is 12.8 Å². The summed E-state index contributed by atoms with van der Waals surface area (Å²) in [4.78, 5) is 21.3. The number of hydrogen-bond acceptors (Lipinski definition) is 3. The molecule has 0 aliphatic carbocycles. The lowest BCUT2D eigenvalue weighted by Gasteiger charge is -2.07. The average Bonchev–Trinajstić information content (AvgIpc) is 2.50. The fourth-order valence-electron chi connectivity index (χ4n) is 2.56. The van der Waals surface area contributed by atoms with Crippen LogP contribution >= 0.6 is 0 Å². The number of aliphatic carboxylic acids is 1. The van der Waals surface area contributed by atoms with Crippen molar-refractivity contribution in [2.45, 2.75) is 96.4 Å². The molecule has 0 radical (unpaired) electrons. The van der Waals surface area contributed by atoms with Gasteiger partial charge in [-0.15, -0.1) is 0 Å². The predicted molar refractivity (Wildman–Crippen MR) is 93.3 cm³/mol. The minimum absolute atomic E-state index is 0.150. The van der Waals surface area contributed by atoms with Crippen molar-refractivity contribution in [3.63, 3.8) is 0 Å². The molecule has 0 fully saturated rings. The van der Waals surface area contributed by atoms with Crippen LogP contribution in [0.1, 0.15) is 90.4 Å². The highest BCUT2D eigenvalue weighted by atomic mass is 16.6. The Morgan fingerprint density at radius 1 is 1.04 bits per heavy atom. The zero-order valence-corrected chi connectivity index (χ0v) is 14.5. The molecular formula is C18H33NO4. The van der Waals surface area contributed by atoms with Gasteiger partial charge in [0.25, 0.3) is 0 Å². The van der Waals surface area contributed by atoms with E-state index < -0.39 is 12.0 Å². The first-order chi connectivity index (χ1) is 11.1. The molecule has 134 valence electrons. The molecule has 0 saturated heterocycles. The van der Waals surface area contributed by atoms with E-state index in [9.17, 15) is 14.9 Å². The van der Waals surface area contributed by atoms with Crippen molar-refractivity contribution in [3.8, 4) is 0 Å². The fraction of sp³-hybridized carbons (Fsp3) is 0.833. The number of carboxylic acids is 1. The number of nitro groups is 1. The van der Waals surface area contributed by atoms with Crippen molar-refractivity contribution in [3.05, 3.63) is 22.3 Å². The van der Waals surface area contributed by atoms with Crippen molar-refractivity contribution >= 4 is 5.97 Å². The molecule has 5 nitrogen and oxygen atoms in total. The summed E-state index contributed by atoms with van der Waals surface area (Å²) in [5, 5.41) is 19.6. The molecule has 0 saturated carbocycles. The Hall–Kier alpha value is -1.39. The molecule has 0 bridgehead atoms. The van der Waals surface area contributed by atoms with Crippen LogP contribution in [-0.4, -0.2) is 22.0 Å². The smallest absolute Gasteiger partial charge is 0.303 e. The lowest BCUT2D eigenvalue weighted by Crippen LogP contribution is -2.18. The molecule has 0 aromatic rings. The van der Waals surface area contributed by atoms with Crippen LogP contribution in [0.4, 0.5) is 0 Å². The third-order valence-electron chi connectivity index (χ3n) is 4.03. The summed E-state index contributed by atoms with van der Waals surface area (Å²) >= 11 is 0. The second kappa shape index (κ2) is 15.5. The molecule has 0 spiro atoms. The average molecular weight is 327 g/mol. The van der Waals surface area contributed by atoms with Crippen molar-refractivity contribution in [2.24, 2.45) is 0 Å². The topological polar surface area (TPSA) is 80.4 Å². The molecule has 0 aliphatic rings. The van der Waals surface area contributed by atoms with Gasteiger partial charge in [0.15, 0.2) is 0 Å². The number of hydrogen-bond donors (Lipinski definition) is 1. The number of rotatable bonds is 16. The van der Waals surface area contributed by atoms with Crippen LogP contribution in [0, 0.1) is 10.1 Å². The Bertz CT molecular complexity index is 342. The van der Waals surface area contributed by atoms with Gasteiger partial charge in [-0.25, -0.2) is 0 Å². The van der Waals surface area contributed by atoms with Gasteiger partial charge >= 0.3 is 5.97 Å². The molecular weight excluding hydrogens is 294 g/mol. The first-order valence-electron chi connectivity index (χ1n) is 9.08. The molecule has 23 heavy (non-hydrogen) atoms. The van der Waals surface area contributed by atoms with Crippen LogP contribution in [-0.2, 0) is 4.79 Å². The molecule has 1 atom stereocenters. The van der Waals surface area contributed by atoms with Gasteiger partial charge in [-0.05, 0) is 25.7 Å². The summed E-state index contributed by atoms with van der Waals surface area (Å²) in [6.45, 7) is 2.17. The Morgan fingerprint density at radius 2 is 1.70 bits per heavy atom. The maximum atomic E-state index is 11.1. The molecule has 0 aliphatic heterocycles.